The standard InChI is InChI=1S/C29H42.C7H14BO2/c1-3-5-7-9-11-17-23-29(24-18-12-10-8-6-4-2)27-21-15-13-19-25(27)26-20-14-16-22-28(26)29;1-6(2)5-9-8-10-7(6,3)4/h13-16,19-22H,3-12,17-18,23-24H2,1-2H3;5H2,1-4H3. The van der Waals surface area contributed by atoms with Crippen LogP contribution >= 0.6 is 0 Å². The average Bonchev–Trinajstić information content (AvgIpc) is 3.20. The monoisotopic (exact) mass is 531 g/mol. The summed E-state index contributed by atoms with van der Waals surface area (Å²) >= 11 is 0. The van der Waals surface area contributed by atoms with Crippen molar-refractivity contribution >= 4 is 7.69 Å². The SMILES string of the molecule is CC1(C)CO[B]OC1(C)C.CCCCCCCCC1(CCCCCCCC)c2ccccc2-c2ccccc21. The summed E-state index contributed by atoms with van der Waals surface area (Å²) in [5.74, 6) is 0. The molecule has 4 rings (SSSR count). The third kappa shape index (κ3) is 8.23. The second-order valence-electron chi connectivity index (χ2n) is 13.1. The van der Waals surface area contributed by atoms with Crippen molar-refractivity contribution < 1.29 is 9.31 Å². The van der Waals surface area contributed by atoms with E-state index in [2.05, 4.69) is 90.1 Å². The van der Waals surface area contributed by atoms with E-state index < -0.39 is 0 Å². The van der Waals surface area contributed by atoms with E-state index in [9.17, 15) is 0 Å². The molecule has 2 aromatic carbocycles. The molecule has 215 valence electrons. The lowest BCUT2D eigenvalue weighted by atomic mass is 9.70. The first-order valence-electron chi connectivity index (χ1n) is 16.1. The summed E-state index contributed by atoms with van der Waals surface area (Å²) in [6.07, 6.45) is 19.3. The molecule has 2 aliphatic rings. The lowest BCUT2D eigenvalue weighted by Crippen LogP contribution is -2.50. The minimum atomic E-state index is -0.106. The summed E-state index contributed by atoms with van der Waals surface area (Å²) in [4.78, 5) is 0. The molecule has 1 radical (unpaired) electrons. The van der Waals surface area contributed by atoms with E-state index >= 15 is 0 Å². The number of fused-ring (bicyclic) bond motifs is 3. The van der Waals surface area contributed by atoms with Crippen LogP contribution in [0.3, 0.4) is 0 Å². The van der Waals surface area contributed by atoms with Crippen molar-refractivity contribution in [2.75, 3.05) is 6.61 Å². The van der Waals surface area contributed by atoms with Gasteiger partial charge in [-0.2, -0.15) is 0 Å². The van der Waals surface area contributed by atoms with Crippen LogP contribution in [0.1, 0.15) is 143 Å². The molecule has 0 amide bonds. The third-order valence-electron chi connectivity index (χ3n) is 9.57. The fourth-order valence-electron chi connectivity index (χ4n) is 6.22. The molecule has 0 bridgehead atoms. The maximum atomic E-state index is 5.33. The Balaban J connectivity index is 0.000000353. The highest BCUT2D eigenvalue weighted by Crippen LogP contribution is 2.54. The van der Waals surface area contributed by atoms with Crippen molar-refractivity contribution in [3.05, 3.63) is 59.7 Å². The van der Waals surface area contributed by atoms with Gasteiger partial charge in [0.2, 0.25) is 0 Å². The Hall–Kier alpha value is -1.58. The molecule has 1 aliphatic heterocycles. The molecule has 1 heterocycles. The second-order valence-corrected chi connectivity index (χ2v) is 13.1. The van der Waals surface area contributed by atoms with Gasteiger partial charge in [-0.25, -0.2) is 0 Å². The minimum absolute atomic E-state index is 0.0990. The Morgan fingerprint density at radius 3 is 1.46 bits per heavy atom. The van der Waals surface area contributed by atoms with Crippen LogP contribution < -0.4 is 0 Å². The van der Waals surface area contributed by atoms with E-state index in [0.29, 0.717) is 0 Å². The molecule has 2 aromatic rings. The van der Waals surface area contributed by atoms with Gasteiger partial charge in [-0.05, 0) is 48.9 Å². The molecular weight excluding hydrogens is 475 g/mol. The average molecular weight is 532 g/mol. The molecule has 2 nitrogen and oxygen atoms in total. The number of hydrogen-bond donors (Lipinski definition) is 0. The summed E-state index contributed by atoms with van der Waals surface area (Å²) < 4.78 is 10.4. The molecule has 0 unspecified atom stereocenters. The van der Waals surface area contributed by atoms with Crippen LogP contribution in [0, 0.1) is 5.41 Å². The Kier molecular flexibility index (Phi) is 12.6. The van der Waals surface area contributed by atoms with Gasteiger partial charge in [0.05, 0.1) is 5.60 Å². The Morgan fingerprint density at radius 1 is 0.615 bits per heavy atom. The number of unbranched alkanes of at least 4 members (excludes halogenated alkanes) is 10. The van der Waals surface area contributed by atoms with Crippen LogP contribution in [0.5, 0.6) is 0 Å². The summed E-state index contributed by atoms with van der Waals surface area (Å²) in [7, 11) is 1.44. The van der Waals surface area contributed by atoms with Gasteiger partial charge < -0.3 is 9.31 Å². The van der Waals surface area contributed by atoms with Gasteiger partial charge >= 0.3 is 7.69 Å². The van der Waals surface area contributed by atoms with Crippen LogP contribution in [0.15, 0.2) is 48.5 Å². The van der Waals surface area contributed by atoms with Crippen molar-refractivity contribution in [3.63, 3.8) is 0 Å². The molecule has 39 heavy (non-hydrogen) atoms. The lowest BCUT2D eigenvalue weighted by Gasteiger charge is -2.44. The number of hydrogen-bond acceptors (Lipinski definition) is 2. The maximum absolute atomic E-state index is 5.33. The first kappa shape index (κ1) is 31.9. The van der Waals surface area contributed by atoms with Crippen LogP contribution in [-0.4, -0.2) is 19.9 Å². The van der Waals surface area contributed by atoms with Crippen LogP contribution in [-0.2, 0) is 14.7 Å². The first-order valence-corrected chi connectivity index (χ1v) is 16.1. The molecule has 0 N–H and O–H groups in total. The second kappa shape index (κ2) is 15.4. The minimum Gasteiger partial charge on any atom is -0.413 e. The van der Waals surface area contributed by atoms with Crippen molar-refractivity contribution in [2.24, 2.45) is 5.41 Å². The Bertz CT molecular complexity index is 900. The molecule has 0 aromatic heterocycles. The maximum Gasteiger partial charge on any atom is 0.488 e. The predicted octanol–water partition coefficient (Wildman–Crippen LogP) is 10.8. The van der Waals surface area contributed by atoms with Crippen LogP contribution in [0.25, 0.3) is 11.1 Å². The smallest absolute Gasteiger partial charge is 0.413 e. The van der Waals surface area contributed by atoms with Crippen molar-refractivity contribution in [1.82, 2.24) is 0 Å². The van der Waals surface area contributed by atoms with Gasteiger partial charge in [0.15, 0.2) is 0 Å². The molecule has 1 fully saturated rings. The normalized spacial score (nSPS) is 17.9. The number of rotatable bonds is 14. The predicted molar refractivity (Wildman–Crippen MR) is 169 cm³/mol. The summed E-state index contributed by atoms with van der Waals surface area (Å²) in [6, 6.07) is 18.6. The van der Waals surface area contributed by atoms with Gasteiger partial charge in [-0.1, -0.05) is 153 Å². The molecular formula is C36H56BO2. The molecule has 0 spiro atoms. The van der Waals surface area contributed by atoms with Crippen molar-refractivity contribution in [2.45, 2.75) is 142 Å². The van der Waals surface area contributed by atoms with E-state index in [1.807, 2.05) is 0 Å². The first-order chi connectivity index (χ1) is 18.8. The van der Waals surface area contributed by atoms with Crippen molar-refractivity contribution in [3.8, 4) is 11.1 Å². The van der Waals surface area contributed by atoms with E-state index in [-0.39, 0.29) is 16.4 Å². The molecule has 0 saturated carbocycles. The van der Waals surface area contributed by atoms with Crippen LogP contribution in [0.4, 0.5) is 0 Å². The van der Waals surface area contributed by atoms with Gasteiger partial charge in [0, 0.05) is 17.4 Å². The van der Waals surface area contributed by atoms with Gasteiger partial charge in [0.25, 0.3) is 0 Å². The van der Waals surface area contributed by atoms with Gasteiger partial charge in [-0.15, -0.1) is 0 Å². The Morgan fingerprint density at radius 2 is 1.05 bits per heavy atom. The topological polar surface area (TPSA) is 18.5 Å². The van der Waals surface area contributed by atoms with Gasteiger partial charge in [0.1, 0.15) is 0 Å². The highest BCUT2D eigenvalue weighted by Gasteiger charge is 2.42. The summed E-state index contributed by atoms with van der Waals surface area (Å²) in [5, 5.41) is 0. The highest BCUT2D eigenvalue weighted by molar-refractivity contribution is 6.18. The summed E-state index contributed by atoms with van der Waals surface area (Å²) in [6.45, 7) is 13.8. The van der Waals surface area contributed by atoms with E-state index in [1.54, 1.807) is 11.1 Å². The van der Waals surface area contributed by atoms with Crippen molar-refractivity contribution in [1.29, 1.82) is 0 Å². The zero-order valence-corrected chi connectivity index (χ0v) is 26.1. The largest absolute Gasteiger partial charge is 0.488 e. The molecule has 3 heteroatoms. The number of benzene rings is 2. The fourth-order valence-corrected chi connectivity index (χ4v) is 6.22. The van der Waals surface area contributed by atoms with Gasteiger partial charge in [-0.3, -0.25) is 0 Å². The zero-order valence-electron chi connectivity index (χ0n) is 26.1. The highest BCUT2D eigenvalue weighted by atomic mass is 16.6. The zero-order chi connectivity index (χ0) is 28.2. The lowest BCUT2D eigenvalue weighted by molar-refractivity contribution is -0.0873. The molecule has 0 atom stereocenters. The third-order valence-corrected chi connectivity index (χ3v) is 9.57. The molecule has 1 saturated heterocycles. The quantitative estimate of drug-likeness (QED) is 0.178. The molecule has 1 aliphatic carbocycles. The van der Waals surface area contributed by atoms with E-state index in [0.717, 1.165) is 6.61 Å². The summed E-state index contributed by atoms with van der Waals surface area (Å²) in [5.41, 5.74) is 6.47. The Labute approximate surface area is 242 Å². The van der Waals surface area contributed by atoms with Crippen LogP contribution in [0.2, 0.25) is 0 Å². The fraction of sp³-hybridized carbons (Fsp3) is 0.667. The van der Waals surface area contributed by atoms with E-state index in [1.165, 1.54) is 109 Å². The van der Waals surface area contributed by atoms with E-state index in [4.69, 9.17) is 9.31 Å².